The summed E-state index contributed by atoms with van der Waals surface area (Å²) >= 11 is 0. The van der Waals surface area contributed by atoms with Crippen molar-refractivity contribution in [1.82, 2.24) is 4.98 Å². The van der Waals surface area contributed by atoms with Crippen molar-refractivity contribution in [3.8, 4) is 11.5 Å². The van der Waals surface area contributed by atoms with Crippen molar-refractivity contribution in [3.05, 3.63) is 59.3 Å². The van der Waals surface area contributed by atoms with Crippen molar-refractivity contribution in [2.45, 2.75) is 19.4 Å². The Balaban J connectivity index is 1.53. The molecule has 1 amide bonds. The minimum absolute atomic E-state index is 0.00158. The van der Waals surface area contributed by atoms with Crippen LogP contribution < -0.4 is 14.8 Å². The van der Waals surface area contributed by atoms with Gasteiger partial charge in [-0.05, 0) is 37.3 Å². The van der Waals surface area contributed by atoms with Gasteiger partial charge in [-0.2, -0.15) is 0 Å². The van der Waals surface area contributed by atoms with E-state index < -0.39 is 12.1 Å². The van der Waals surface area contributed by atoms with Gasteiger partial charge < -0.3 is 19.5 Å². The van der Waals surface area contributed by atoms with E-state index in [1.165, 1.54) is 14.2 Å². The largest absolute Gasteiger partial charge is 0.493 e. The highest BCUT2D eigenvalue weighted by Gasteiger charge is 2.36. The quantitative estimate of drug-likeness (QED) is 0.665. The number of esters is 1. The first kappa shape index (κ1) is 18.7. The maximum Gasteiger partial charge on any atom is 0.343 e. The van der Waals surface area contributed by atoms with Gasteiger partial charge in [-0.1, -0.05) is 12.1 Å². The van der Waals surface area contributed by atoms with Crippen LogP contribution in [-0.4, -0.2) is 31.1 Å². The summed E-state index contributed by atoms with van der Waals surface area (Å²) in [4.78, 5) is 29.4. The van der Waals surface area contributed by atoms with Gasteiger partial charge in [0.1, 0.15) is 11.7 Å². The molecule has 4 rings (SSSR count). The molecule has 1 aliphatic rings. The molecule has 0 bridgehead atoms. The minimum atomic E-state index is -0.679. The Morgan fingerprint density at radius 3 is 2.72 bits per heavy atom. The highest BCUT2D eigenvalue weighted by atomic mass is 16.6. The number of ether oxygens (including phenoxy) is 3. The number of benzene rings is 2. The Morgan fingerprint density at radius 1 is 1.14 bits per heavy atom. The summed E-state index contributed by atoms with van der Waals surface area (Å²) < 4.78 is 16.0. The second kappa shape index (κ2) is 7.43. The number of aromatic nitrogens is 1. The van der Waals surface area contributed by atoms with Gasteiger partial charge in [-0.25, -0.2) is 4.79 Å². The number of hydrogen-bond acceptors (Lipinski definition) is 6. The molecule has 0 saturated carbocycles. The molecular weight excluding hydrogens is 372 g/mol. The number of cyclic esters (lactones) is 1. The van der Waals surface area contributed by atoms with Crippen LogP contribution in [0.3, 0.4) is 0 Å². The smallest absolute Gasteiger partial charge is 0.343 e. The zero-order chi connectivity index (χ0) is 20.5. The lowest BCUT2D eigenvalue weighted by atomic mass is 10.0. The molecule has 7 heteroatoms. The molecule has 0 unspecified atom stereocenters. The number of fused-ring (bicyclic) bond motifs is 2. The first-order valence-electron chi connectivity index (χ1n) is 9.13. The number of methoxy groups -OCH3 is 2. The molecular formula is C22H20N2O5. The van der Waals surface area contributed by atoms with Crippen LogP contribution in [0.25, 0.3) is 10.9 Å². The van der Waals surface area contributed by atoms with Crippen LogP contribution >= 0.6 is 0 Å². The van der Waals surface area contributed by atoms with Gasteiger partial charge in [0.2, 0.25) is 5.91 Å². The van der Waals surface area contributed by atoms with E-state index in [-0.39, 0.29) is 12.3 Å². The second-order valence-corrected chi connectivity index (χ2v) is 6.77. The molecule has 0 saturated heterocycles. The Morgan fingerprint density at radius 2 is 1.97 bits per heavy atom. The van der Waals surface area contributed by atoms with E-state index >= 15 is 0 Å². The SMILES string of the molecule is COc1ccc2c(c1OC)C(=O)O[C@@H]2CC(=O)Nc1ccc2nc(C)ccc2c1. The molecule has 1 aliphatic heterocycles. The Bertz CT molecular complexity index is 1130. The Kier molecular flexibility index (Phi) is 4.80. The number of carbonyl (C=O) groups excluding carboxylic acids is 2. The molecule has 3 aromatic rings. The number of aryl methyl sites for hydroxylation is 1. The summed E-state index contributed by atoms with van der Waals surface area (Å²) in [5.41, 5.74) is 3.37. The van der Waals surface area contributed by atoms with Crippen LogP contribution in [0.4, 0.5) is 5.69 Å². The number of anilines is 1. The van der Waals surface area contributed by atoms with Gasteiger partial charge in [-0.3, -0.25) is 9.78 Å². The van der Waals surface area contributed by atoms with Crippen LogP contribution in [0.1, 0.15) is 34.1 Å². The van der Waals surface area contributed by atoms with Gasteiger partial charge in [0, 0.05) is 22.3 Å². The number of pyridine rings is 1. The van der Waals surface area contributed by atoms with Crippen LogP contribution in [0.5, 0.6) is 11.5 Å². The third kappa shape index (κ3) is 3.47. The molecule has 0 radical (unpaired) electrons. The fraction of sp³-hybridized carbons (Fsp3) is 0.227. The first-order chi connectivity index (χ1) is 14.0. The molecule has 148 valence electrons. The van der Waals surface area contributed by atoms with Crippen molar-refractivity contribution >= 4 is 28.5 Å². The van der Waals surface area contributed by atoms with Crippen LogP contribution in [0.15, 0.2) is 42.5 Å². The average Bonchev–Trinajstić information content (AvgIpc) is 3.02. The standard InChI is InChI=1S/C22H20N2O5/c1-12-4-5-13-10-14(6-8-16(13)23-12)24-19(25)11-18-15-7-9-17(27-2)21(28-3)20(15)22(26)29-18/h4-10,18H,11H2,1-3H3,(H,24,25)/t18-/m1/s1. The fourth-order valence-electron chi connectivity index (χ4n) is 3.51. The lowest BCUT2D eigenvalue weighted by Crippen LogP contribution is -2.15. The Hall–Kier alpha value is -3.61. The normalized spacial score (nSPS) is 15.0. The predicted molar refractivity (Wildman–Crippen MR) is 107 cm³/mol. The third-order valence-corrected chi connectivity index (χ3v) is 4.86. The summed E-state index contributed by atoms with van der Waals surface area (Å²) in [6.45, 7) is 1.93. The van der Waals surface area contributed by atoms with E-state index in [9.17, 15) is 9.59 Å². The van der Waals surface area contributed by atoms with Gasteiger partial charge in [-0.15, -0.1) is 0 Å². The van der Waals surface area contributed by atoms with E-state index in [0.29, 0.717) is 28.3 Å². The van der Waals surface area contributed by atoms with Crippen molar-refractivity contribution in [2.24, 2.45) is 0 Å². The van der Waals surface area contributed by atoms with E-state index in [0.717, 1.165) is 16.6 Å². The van der Waals surface area contributed by atoms with Gasteiger partial charge >= 0.3 is 5.97 Å². The van der Waals surface area contributed by atoms with E-state index in [4.69, 9.17) is 14.2 Å². The summed E-state index contributed by atoms with van der Waals surface area (Å²) in [6, 6.07) is 12.8. The molecule has 0 spiro atoms. The number of nitrogens with one attached hydrogen (secondary N) is 1. The van der Waals surface area contributed by atoms with E-state index in [1.807, 2.05) is 31.2 Å². The van der Waals surface area contributed by atoms with Crippen LogP contribution in [0, 0.1) is 6.92 Å². The van der Waals surface area contributed by atoms with Crippen LogP contribution in [0.2, 0.25) is 0 Å². The molecule has 29 heavy (non-hydrogen) atoms. The predicted octanol–water partition coefficient (Wildman–Crippen LogP) is 3.80. The molecule has 2 heterocycles. The zero-order valence-corrected chi connectivity index (χ0v) is 16.3. The number of amides is 1. The number of carbonyl (C=O) groups is 2. The first-order valence-corrected chi connectivity index (χ1v) is 9.13. The number of nitrogens with zero attached hydrogens (tertiary/aromatic N) is 1. The lowest BCUT2D eigenvalue weighted by molar-refractivity contribution is -0.118. The topological polar surface area (TPSA) is 86.8 Å². The maximum absolute atomic E-state index is 12.6. The van der Waals surface area contributed by atoms with Crippen LogP contribution in [-0.2, 0) is 9.53 Å². The average molecular weight is 392 g/mol. The molecule has 1 aromatic heterocycles. The molecule has 7 nitrogen and oxygen atoms in total. The van der Waals surface area contributed by atoms with Crippen molar-refractivity contribution < 1.29 is 23.8 Å². The van der Waals surface area contributed by atoms with E-state index in [2.05, 4.69) is 10.3 Å². The van der Waals surface area contributed by atoms with Gasteiger partial charge in [0.25, 0.3) is 0 Å². The third-order valence-electron chi connectivity index (χ3n) is 4.86. The number of rotatable bonds is 5. The lowest BCUT2D eigenvalue weighted by Gasteiger charge is -2.13. The monoisotopic (exact) mass is 392 g/mol. The Labute approximate surface area is 167 Å². The summed E-state index contributed by atoms with van der Waals surface area (Å²) in [6.07, 6.45) is -0.680. The van der Waals surface area contributed by atoms with Gasteiger partial charge in [0.05, 0.1) is 26.2 Å². The fourth-order valence-corrected chi connectivity index (χ4v) is 3.51. The molecule has 0 fully saturated rings. The molecule has 1 N–H and O–H groups in total. The molecule has 1 atom stereocenters. The van der Waals surface area contributed by atoms with Gasteiger partial charge in [0.15, 0.2) is 11.5 Å². The highest BCUT2D eigenvalue weighted by Crippen LogP contribution is 2.43. The van der Waals surface area contributed by atoms with Crippen molar-refractivity contribution in [1.29, 1.82) is 0 Å². The second-order valence-electron chi connectivity index (χ2n) is 6.77. The van der Waals surface area contributed by atoms with Crippen molar-refractivity contribution in [2.75, 3.05) is 19.5 Å². The minimum Gasteiger partial charge on any atom is -0.493 e. The summed E-state index contributed by atoms with van der Waals surface area (Å²) in [7, 11) is 2.96. The zero-order valence-electron chi connectivity index (χ0n) is 16.3. The van der Waals surface area contributed by atoms with E-state index in [1.54, 1.807) is 18.2 Å². The summed E-state index contributed by atoms with van der Waals surface area (Å²) in [5, 5.41) is 3.79. The molecule has 0 aliphatic carbocycles. The maximum atomic E-state index is 12.6. The summed E-state index contributed by atoms with van der Waals surface area (Å²) in [5.74, 6) is -0.0332. The van der Waals surface area contributed by atoms with Crippen molar-refractivity contribution in [3.63, 3.8) is 0 Å². The molecule has 2 aromatic carbocycles. The number of hydrogen-bond donors (Lipinski definition) is 1. The highest BCUT2D eigenvalue weighted by molar-refractivity contribution is 6.00.